The van der Waals surface area contributed by atoms with Crippen molar-refractivity contribution in [3.8, 4) is 0 Å². The molecule has 33 heavy (non-hydrogen) atoms. The van der Waals surface area contributed by atoms with Crippen LogP contribution < -0.4 is 10.2 Å². The Morgan fingerprint density at radius 1 is 0.848 bits per heavy atom. The van der Waals surface area contributed by atoms with E-state index in [9.17, 15) is 13.2 Å². The predicted molar refractivity (Wildman–Crippen MR) is 129 cm³/mol. The lowest BCUT2D eigenvalue weighted by molar-refractivity contribution is 0.0730. The van der Waals surface area contributed by atoms with Crippen molar-refractivity contribution in [1.82, 2.24) is 4.31 Å². The summed E-state index contributed by atoms with van der Waals surface area (Å²) in [5.74, 6) is -0.271. The molecule has 176 valence electrons. The molecular formula is C25H31N3O4S. The zero-order valence-corrected chi connectivity index (χ0v) is 19.7. The average molecular weight is 470 g/mol. The predicted octanol–water partition coefficient (Wildman–Crippen LogP) is 3.44. The van der Waals surface area contributed by atoms with Gasteiger partial charge in [-0.25, -0.2) is 8.42 Å². The maximum atomic E-state index is 13.5. The third kappa shape index (κ3) is 4.65. The van der Waals surface area contributed by atoms with Gasteiger partial charge in [0.2, 0.25) is 10.0 Å². The second kappa shape index (κ2) is 9.44. The van der Waals surface area contributed by atoms with E-state index < -0.39 is 10.0 Å². The Morgan fingerprint density at radius 2 is 1.61 bits per heavy atom. The summed E-state index contributed by atoms with van der Waals surface area (Å²) < 4.78 is 33.3. The van der Waals surface area contributed by atoms with Crippen molar-refractivity contribution in [2.75, 3.05) is 49.6 Å². The number of carbonyl (C=O) groups is 1. The van der Waals surface area contributed by atoms with Crippen LogP contribution in [0, 0.1) is 0 Å². The first-order chi connectivity index (χ1) is 16.0. The van der Waals surface area contributed by atoms with E-state index in [4.69, 9.17) is 4.74 Å². The second-order valence-electron chi connectivity index (χ2n) is 9.03. The van der Waals surface area contributed by atoms with Crippen LogP contribution >= 0.6 is 0 Å². The van der Waals surface area contributed by atoms with Crippen LogP contribution in [0.15, 0.2) is 41.3 Å². The SMILES string of the molecule is O=C(Nc1ccc2c(c1)CCC2)c1cc(S(=O)(=O)N2CCOCC2)ccc1N1CCCCC1. The normalized spacial score (nSPS) is 19.3. The summed E-state index contributed by atoms with van der Waals surface area (Å²) >= 11 is 0. The van der Waals surface area contributed by atoms with E-state index in [0.29, 0.717) is 31.9 Å². The van der Waals surface area contributed by atoms with Crippen molar-refractivity contribution < 1.29 is 17.9 Å². The lowest BCUT2D eigenvalue weighted by Gasteiger charge is -2.31. The summed E-state index contributed by atoms with van der Waals surface area (Å²) in [6.45, 7) is 3.16. The van der Waals surface area contributed by atoms with Gasteiger partial charge in [0.05, 0.1) is 23.7 Å². The number of fused-ring (bicyclic) bond motifs is 1. The summed E-state index contributed by atoms with van der Waals surface area (Å²) in [4.78, 5) is 15.8. The lowest BCUT2D eigenvalue weighted by atomic mass is 10.1. The monoisotopic (exact) mass is 469 g/mol. The standard InChI is InChI=1S/C25H31N3O4S/c29-25(26-21-8-7-19-5-4-6-20(19)17-21)23-18-22(33(30,31)28-13-15-32-16-14-28)9-10-24(23)27-11-2-1-3-12-27/h7-10,17-18H,1-6,11-16H2,(H,26,29). The van der Waals surface area contributed by atoms with Gasteiger partial charge in [0, 0.05) is 37.6 Å². The fourth-order valence-corrected chi connectivity index (χ4v) is 6.49. The number of benzene rings is 2. The lowest BCUT2D eigenvalue weighted by Crippen LogP contribution is -2.40. The Hall–Kier alpha value is -2.42. The number of nitrogens with one attached hydrogen (secondary N) is 1. The van der Waals surface area contributed by atoms with E-state index in [1.165, 1.54) is 21.9 Å². The zero-order chi connectivity index (χ0) is 22.8. The van der Waals surface area contributed by atoms with Gasteiger partial charge < -0.3 is 15.0 Å². The quantitative estimate of drug-likeness (QED) is 0.726. The number of aryl methyl sites for hydroxylation is 2. The number of hydrogen-bond acceptors (Lipinski definition) is 5. The zero-order valence-electron chi connectivity index (χ0n) is 18.9. The van der Waals surface area contributed by atoms with Gasteiger partial charge in [0.25, 0.3) is 5.91 Å². The van der Waals surface area contributed by atoms with Gasteiger partial charge in [-0.05, 0) is 80.0 Å². The number of nitrogens with zero attached hydrogens (tertiary/aromatic N) is 2. The van der Waals surface area contributed by atoms with Gasteiger partial charge in [-0.15, -0.1) is 0 Å². The number of sulfonamides is 1. The molecule has 1 amide bonds. The number of morpholine rings is 1. The third-order valence-electron chi connectivity index (χ3n) is 6.87. The molecule has 2 aliphatic heterocycles. The highest BCUT2D eigenvalue weighted by Gasteiger charge is 2.29. The number of hydrogen-bond donors (Lipinski definition) is 1. The Kier molecular flexibility index (Phi) is 6.40. The van der Waals surface area contributed by atoms with E-state index >= 15 is 0 Å². The first kappa shape index (κ1) is 22.4. The van der Waals surface area contributed by atoms with Gasteiger partial charge in [0.1, 0.15) is 0 Å². The summed E-state index contributed by atoms with van der Waals surface area (Å²) in [6, 6.07) is 11.1. The first-order valence-electron chi connectivity index (χ1n) is 11.9. The third-order valence-corrected chi connectivity index (χ3v) is 8.77. The van der Waals surface area contributed by atoms with Crippen LogP contribution in [0.2, 0.25) is 0 Å². The fraction of sp³-hybridized carbons (Fsp3) is 0.480. The minimum Gasteiger partial charge on any atom is -0.379 e. The molecule has 2 aromatic rings. The van der Waals surface area contributed by atoms with E-state index in [2.05, 4.69) is 22.3 Å². The molecule has 0 spiro atoms. The molecule has 5 rings (SSSR count). The van der Waals surface area contributed by atoms with Crippen LogP contribution in [-0.2, 0) is 27.6 Å². The van der Waals surface area contributed by atoms with Gasteiger partial charge in [-0.2, -0.15) is 4.31 Å². The van der Waals surface area contributed by atoms with Crippen LogP contribution in [0.3, 0.4) is 0 Å². The number of rotatable bonds is 5. The highest BCUT2D eigenvalue weighted by atomic mass is 32.2. The summed E-state index contributed by atoms with van der Waals surface area (Å²) in [7, 11) is -3.69. The Balaban J connectivity index is 1.48. The van der Waals surface area contributed by atoms with E-state index in [-0.39, 0.29) is 10.8 Å². The smallest absolute Gasteiger partial charge is 0.257 e. The van der Waals surface area contributed by atoms with Crippen molar-refractivity contribution in [3.05, 3.63) is 53.1 Å². The molecule has 8 heteroatoms. The summed E-state index contributed by atoms with van der Waals surface area (Å²) in [5.41, 5.74) is 4.60. The summed E-state index contributed by atoms with van der Waals surface area (Å²) in [5, 5.41) is 3.03. The molecule has 0 radical (unpaired) electrons. The van der Waals surface area contributed by atoms with Crippen molar-refractivity contribution in [1.29, 1.82) is 0 Å². The highest BCUT2D eigenvalue weighted by Crippen LogP contribution is 2.30. The molecule has 0 aromatic heterocycles. The number of carbonyl (C=O) groups excluding carboxylic acids is 1. The minimum atomic E-state index is -3.69. The molecule has 2 heterocycles. The number of amides is 1. The molecule has 1 aliphatic carbocycles. The average Bonchev–Trinajstić information content (AvgIpc) is 3.33. The molecule has 0 bridgehead atoms. The van der Waals surface area contributed by atoms with Gasteiger partial charge >= 0.3 is 0 Å². The van der Waals surface area contributed by atoms with Crippen LogP contribution in [0.5, 0.6) is 0 Å². The largest absolute Gasteiger partial charge is 0.379 e. The molecular weight excluding hydrogens is 438 g/mol. The molecule has 3 aliphatic rings. The van der Waals surface area contributed by atoms with E-state index in [1.54, 1.807) is 18.2 Å². The number of piperidine rings is 1. The Labute approximate surface area is 195 Å². The number of anilines is 2. The fourth-order valence-electron chi connectivity index (χ4n) is 5.05. The van der Waals surface area contributed by atoms with Crippen LogP contribution in [0.4, 0.5) is 11.4 Å². The van der Waals surface area contributed by atoms with E-state index in [1.807, 2.05) is 6.07 Å². The van der Waals surface area contributed by atoms with Gasteiger partial charge in [-0.1, -0.05) is 6.07 Å². The molecule has 1 N–H and O–H groups in total. The maximum absolute atomic E-state index is 13.5. The van der Waals surface area contributed by atoms with Crippen molar-refractivity contribution >= 4 is 27.3 Å². The molecule has 2 fully saturated rings. The molecule has 7 nitrogen and oxygen atoms in total. The topological polar surface area (TPSA) is 79.0 Å². The van der Waals surface area contributed by atoms with Crippen LogP contribution in [0.25, 0.3) is 0 Å². The van der Waals surface area contributed by atoms with Crippen molar-refractivity contribution in [3.63, 3.8) is 0 Å². The number of ether oxygens (including phenoxy) is 1. The van der Waals surface area contributed by atoms with Crippen molar-refractivity contribution in [2.24, 2.45) is 0 Å². The van der Waals surface area contributed by atoms with Crippen molar-refractivity contribution in [2.45, 2.75) is 43.4 Å². The van der Waals surface area contributed by atoms with E-state index in [0.717, 1.165) is 56.6 Å². The Morgan fingerprint density at radius 3 is 2.39 bits per heavy atom. The van der Waals surface area contributed by atoms with Gasteiger partial charge in [0.15, 0.2) is 0 Å². The van der Waals surface area contributed by atoms with Crippen LogP contribution in [0.1, 0.15) is 47.2 Å². The second-order valence-corrected chi connectivity index (χ2v) is 11.0. The molecule has 0 saturated carbocycles. The van der Waals surface area contributed by atoms with Crippen LogP contribution in [-0.4, -0.2) is 58.0 Å². The molecule has 0 atom stereocenters. The molecule has 2 saturated heterocycles. The highest BCUT2D eigenvalue weighted by molar-refractivity contribution is 7.89. The molecule has 0 unspecified atom stereocenters. The maximum Gasteiger partial charge on any atom is 0.257 e. The molecule has 2 aromatic carbocycles. The van der Waals surface area contributed by atoms with Gasteiger partial charge in [-0.3, -0.25) is 4.79 Å². The summed E-state index contributed by atoms with van der Waals surface area (Å²) in [6.07, 6.45) is 6.58. The Bertz CT molecular complexity index is 1140. The first-order valence-corrected chi connectivity index (χ1v) is 13.4. The minimum absolute atomic E-state index is 0.157.